The lowest BCUT2D eigenvalue weighted by Crippen LogP contribution is -1.87. The lowest BCUT2D eigenvalue weighted by Gasteiger charge is -2.08. The van der Waals surface area contributed by atoms with E-state index >= 15 is 0 Å². The van der Waals surface area contributed by atoms with Crippen LogP contribution < -0.4 is 0 Å². The van der Waals surface area contributed by atoms with E-state index in [-0.39, 0.29) is 0 Å². The summed E-state index contributed by atoms with van der Waals surface area (Å²) < 4.78 is 0. The van der Waals surface area contributed by atoms with E-state index in [0.717, 1.165) is 5.52 Å². The minimum absolute atomic E-state index is 1.09. The van der Waals surface area contributed by atoms with Crippen LogP contribution >= 0.6 is 0 Å². The van der Waals surface area contributed by atoms with E-state index in [1.807, 2.05) is 6.20 Å². The minimum atomic E-state index is 1.09. The second-order valence-corrected chi connectivity index (χ2v) is 4.70. The molecule has 0 N–H and O–H groups in total. The average molecular weight is 233 g/mol. The molecule has 0 aliphatic carbocycles. The maximum absolute atomic E-state index is 4.48. The number of pyridine rings is 1. The average Bonchev–Trinajstić information content (AvgIpc) is 2.40. The predicted molar refractivity (Wildman–Crippen MR) is 76.7 cm³/mol. The van der Waals surface area contributed by atoms with Gasteiger partial charge in [0.1, 0.15) is 0 Å². The molecule has 0 bridgehead atoms. The summed E-state index contributed by atoms with van der Waals surface area (Å²) in [7, 11) is 0. The summed E-state index contributed by atoms with van der Waals surface area (Å²) in [5.41, 5.74) is 6.10. The summed E-state index contributed by atoms with van der Waals surface area (Å²) >= 11 is 0. The third-order valence-corrected chi connectivity index (χ3v) is 3.34. The molecular formula is C17H15N. The highest BCUT2D eigenvalue weighted by Crippen LogP contribution is 2.28. The molecule has 1 nitrogen and oxygen atoms in total. The van der Waals surface area contributed by atoms with Crippen LogP contribution in [-0.2, 0) is 0 Å². The lowest BCUT2D eigenvalue weighted by molar-refractivity contribution is 1.36. The molecule has 3 rings (SSSR count). The maximum Gasteiger partial charge on any atom is 0.0737 e. The molecule has 0 unspecified atom stereocenters. The first-order valence-electron chi connectivity index (χ1n) is 6.17. The Balaban J connectivity index is 2.29. The van der Waals surface area contributed by atoms with Crippen LogP contribution in [0.3, 0.4) is 0 Å². The second kappa shape index (κ2) is 4.26. The van der Waals surface area contributed by atoms with Crippen molar-refractivity contribution >= 4 is 10.9 Å². The Bertz CT molecular complexity index is 696. The normalized spacial score (nSPS) is 10.8. The van der Waals surface area contributed by atoms with Crippen molar-refractivity contribution in [3.05, 3.63) is 65.9 Å². The minimum Gasteiger partial charge on any atom is -0.256 e. The Morgan fingerprint density at radius 1 is 0.833 bits per heavy atom. The molecule has 0 saturated carbocycles. The van der Waals surface area contributed by atoms with Gasteiger partial charge in [-0.25, -0.2) is 0 Å². The highest BCUT2D eigenvalue weighted by atomic mass is 14.6. The number of para-hydroxylation sites is 1. The molecule has 1 heteroatoms. The third-order valence-electron chi connectivity index (χ3n) is 3.34. The topological polar surface area (TPSA) is 12.9 Å². The summed E-state index contributed by atoms with van der Waals surface area (Å²) in [6.07, 6.45) is 1.89. The highest BCUT2D eigenvalue weighted by molar-refractivity contribution is 5.95. The molecule has 3 aromatic rings. The van der Waals surface area contributed by atoms with Crippen LogP contribution in [0.1, 0.15) is 11.1 Å². The fraction of sp³-hybridized carbons (Fsp3) is 0.118. The zero-order valence-corrected chi connectivity index (χ0v) is 10.6. The molecule has 0 aliphatic heterocycles. The molecule has 0 fully saturated rings. The van der Waals surface area contributed by atoms with Gasteiger partial charge < -0.3 is 0 Å². The van der Waals surface area contributed by atoms with Crippen molar-refractivity contribution in [2.75, 3.05) is 0 Å². The standard InChI is InChI=1S/C17H15N/c1-12-6-8-14(9-7-12)15-10-11-18-17-13(2)4-3-5-16(15)17/h3-11H,1-2H3. The van der Waals surface area contributed by atoms with Crippen molar-refractivity contribution in [2.24, 2.45) is 0 Å². The van der Waals surface area contributed by atoms with Gasteiger partial charge in [0, 0.05) is 11.6 Å². The zero-order chi connectivity index (χ0) is 12.5. The molecule has 2 aromatic carbocycles. The first kappa shape index (κ1) is 11.0. The molecule has 88 valence electrons. The van der Waals surface area contributed by atoms with Crippen LogP contribution in [0.4, 0.5) is 0 Å². The fourth-order valence-corrected chi connectivity index (χ4v) is 2.31. The van der Waals surface area contributed by atoms with Crippen LogP contribution in [-0.4, -0.2) is 4.98 Å². The van der Waals surface area contributed by atoms with Crippen LogP contribution in [0.2, 0.25) is 0 Å². The second-order valence-electron chi connectivity index (χ2n) is 4.70. The lowest BCUT2D eigenvalue weighted by atomic mass is 9.99. The van der Waals surface area contributed by atoms with Crippen molar-refractivity contribution in [3.63, 3.8) is 0 Å². The van der Waals surface area contributed by atoms with Gasteiger partial charge in [0.2, 0.25) is 0 Å². The first-order chi connectivity index (χ1) is 8.75. The van der Waals surface area contributed by atoms with Gasteiger partial charge in [0.25, 0.3) is 0 Å². The largest absolute Gasteiger partial charge is 0.256 e. The van der Waals surface area contributed by atoms with Gasteiger partial charge >= 0.3 is 0 Å². The number of hydrogen-bond acceptors (Lipinski definition) is 1. The van der Waals surface area contributed by atoms with E-state index in [1.54, 1.807) is 0 Å². The Morgan fingerprint density at radius 2 is 1.61 bits per heavy atom. The van der Waals surface area contributed by atoms with Gasteiger partial charge in [-0.1, -0.05) is 48.0 Å². The number of rotatable bonds is 1. The van der Waals surface area contributed by atoms with Crippen LogP contribution in [0, 0.1) is 13.8 Å². The van der Waals surface area contributed by atoms with Gasteiger partial charge in [-0.05, 0) is 36.6 Å². The number of nitrogens with zero attached hydrogens (tertiary/aromatic N) is 1. The quantitative estimate of drug-likeness (QED) is 0.602. The van der Waals surface area contributed by atoms with Gasteiger partial charge in [-0.15, -0.1) is 0 Å². The number of aryl methyl sites for hydroxylation is 2. The molecule has 0 radical (unpaired) electrons. The predicted octanol–water partition coefficient (Wildman–Crippen LogP) is 4.52. The Labute approximate surface area is 107 Å². The van der Waals surface area contributed by atoms with Crippen molar-refractivity contribution in [3.8, 4) is 11.1 Å². The Morgan fingerprint density at radius 3 is 2.39 bits per heavy atom. The molecule has 1 heterocycles. The smallest absolute Gasteiger partial charge is 0.0737 e. The molecule has 18 heavy (non-hydrogen) atoms. The van der Waals surface area contributed by atoms with Crippen molar-refractivity contribution in [1.29, 1.82) is 0 Å². The zero-order valence-electron chi connectivity index (χ0n) is 10.6. The Hall–Kier alpha value is -2.15. The Kier molecular flexibility index (Phi) is 2.60. The summed E-state index contributed by atoms with van der Waals surface area (Å²) in [4.78, 5) is 4.48. The molecule has 0 aliphatic rings. The maximum atomic E-state index is 4.48. The van der Waals surface area contributed by atoms with E-state index in [0.29, 0.717) is 0 Å². The van der Waals surface area contributed by atoms with Crippen LogP contribution in [0.5, 0.6) is 0 Å². The van der Waals surface area contributed by atoms with Crippen molar-refractivity contribution in [1.82, 2.24) is 4.98 Å². The van der Waals surface area contributed by atoms with E-state index in [9.17, 15) is 0 Å². The van der Waals surface area contributed by atoms with Gasteiger partial charge in [0.05, 0.1) is 5.52 Å². The first-order valence-corrected chi connectivity index (χ1v) is 6.17. The number of aromatic nitrogens is 1. The van der Waals surface area contributed by atoms with Crippen molar-refractivity contribution < 1.29 is 0 Å². The summed E-state index contributed by atoms with van der Waals surface area (Å²) in [5.74, 6) is 0. The number of hydrogen-bond donors (Lipinski definition) is 0. The van der Waals surface area contributed by atoms with E-state index in [1.165, 1.54) is 27.6 Å². The van der Waals surface area contributed by atoms with E-state index in [4.69, 9.17) is 0 Å². The van der Waals surface area contributed by atoms with E-state index in [2.05, 4.69) is 67.4 Å². The number of benzene rings is 2. The summed E-state index contributed by atoms with van der Waals surface area (Å²) in [5, 5.41) is 1.22. The number of fused-ring (bicyclic) bond motifs is 1. The van der Waals surface area contributed by atoms with Gasteiger partial charge in [0.15, 0.2) is 0 Å². The highest BCUT2D eigenvalue weighted by Gasteiger charge is 2.05. The van der Waals surface area contributed by atoms with Crippen molar-refractivity contribution in [2.45, 2.75) is 13.8 Å². The molecule has 1 aromatic heterocycles. The van der Waals surface area contributed by atoms with Crippen LogP contribution in [0.15, 0.2) is 54.7 Å². The van der Waals surface area contributed by atoms with Crippen LogP contribution in [0.25, 0.3) is 22.0 Å². The third kappa shape index (κ3) is 1.78. The molecular weight excluding hydrogens is 218 g/mol. The molecule has 0 atom stereocenters. The van der Waals surface area contributed by atoms with Gasteiger partial charge in [-0.2, -0.15) is 0 Å². The fourth-order valence-electron chi connectivity index (χ4n) is 2.31. The molecule has 0 saturated heterocycles. The van der Waals surface area contributed by atoms with Gasteiger partial charge in [-0.3, -0.25) is 4.98 Å². The summed E-state index contributed by atoms with van der Waals surface area (Å²) in [6, 6.07) is 17.1. The molecule has 0 amide bonds. The molecule has 0 spiro atoms. The SMILES string of the molecule is Cc1ccc(-c2ccnc3c(C)cccc23)cc1. The van der Waals surface area contributed by atoms with E-state index < -0.39 is 0 Å². The monoisotopic (exact) mass is 233 g/mol. The summed E-state index contributed by atoms with van der Waals surface area (Å²) in [6.45, 7) is 4.22.